The lowest BCUT2D eigenvalue weighted by molar-refractivity contribution is -0.0382. The first kappa shape index (κ1) is 20.6. The summed E-state index contributed by atoms with van der Waals surface area (Å²) in [6.45, 7) is 1.84. The van der Waals surface area contributed by atoms with Gasteiger partial charge in [0.05, 0.1) is 11.1 Å². The van der Waals surface area contributed by atoms with Crippen molar-refractivity contribution < 1.29 is 9.47 Å². The van der Waals surface area contributed by atoms with Crippen LogP contribution in [0.3, 0.4) is 0 Å². The molecule has 0 fully saturated rings. The molecule has 0 spiro atoms. The topological polar surface area (TPSA) is 86.4 Å². The van der Waals surface area contributed by atoms with Crippen molar-refractivity contribution in [2.45, 2.75) is 13.2 Å². The second-order valence-corrected chi connectivity index (χ2v) is 7.40. The molecule has 0 bridgehead atoms. The van der Waals surface area contributed by atoms with Gasteiger partial charge in [-0.2, -0.15) is 0 Å². The summed E-state index contributed by atoms with van der Waals surface area (Å²) >= 11 is 0. The zero-order valence-corrected chi connectivity index (χ0v) is 18.0. The summed E-state index contributed by atoms with van der Waals surface area (Å²) in [5.41, 5.74) is 11.5. The van der Waals surface area contributed by atoms with Gasteiger partial charge in [0.2, 0.25) is 0 Å². The number of anilines is 2. The first-order valence-electron chi connectivity index (χ1n) is 9.95. The molecule has 2 aromatic heterocycles. The average molecular weight is 415 g/mol. The van der Waals surface area contributed by atoms with Gasteiger partial charge in [0.25, 0.3) is 0 Å². The lowest BCUT2D eigenvalue weighted by Gasteiger charge is -2.15. The first-order valence-corrected chi connectivity index (χ1v) is 9.95. The van der Waals surface area contributed by atoms with E-state index in [0.29, 0.717) is 22.6 Å². The van der Waals surface area contributed by atoms with Crippen LogP contribution >= 0.6 is 0 Å². The molecule has 0 saturated heterocycles. The third kappa shape index (κ3) is 4.27. The molecule has 0 aliphatic heterocycles. The number of fused-ring (bicyclic) bond motifs is 1. The Balaban J connectivity index is 1.87. The normalized spacial score (nSPS) is 12.0. The molecule has 0 saturated carbocycles. The van der Waals surface area contributed by atoms with Crippen molar-refractivity contribution in [1.82, 2.24) is 15.0 Å². The SMILES string of the molecule is COC(C)Oc1cccc(-c2cc(-c3ccc(N(C)C)cc3)nc3ncnc(N)c23)c1. The number of methoxy groups -OCH3 is 1. The van der Waals surface area contributed by atoms with Gasteiger partial charge in [-0.05, 0) is 48.4 Å². The highest BCUT2D eigenvalue weighted by atomic mass is 16.7. The predicted molar refractivity (Wildman–Crippen MR) is 124 cm³/mol. The molecule has 1 atom stereocenters. The van der Waals surface area contributed by atoms with Gasteiger partial charge < -0.3 is 20.1 Å². The van der Waals surface area contributed by atoms with E-state index in [1.165, 1.54) is 6.33 Å². The lowest BCUT2D eigenvalue weighted by atomic mass is 9.99. The predicted octanol–water partition coefficient (Wildman–Crippen LogP) is 4.38. The summed E-state index contributed by atoms with van der Waals surface area (Å²) in [5, 5.41) is 0.716. The van der Waals surface area contributed by atoms with Crippen molar-refractivity contribution in [2.75, 3.05) is 31.8 Å². The van der Waals surface area contributed by atoms with E-state index in [2.05, 4.69) is 39.1 Å². The van der Waals surface area contributed by atoms with Crippen molar-refractivity contribution in [3.05, 3.63) is 60.9 Å². The fourth-order valence-corrected chi connectivity index (χ4v) is 3.37. The summed E-state index contributed by atoms with van der Waals surface area (Å²) in [4.78, 5) is 15.4. The van der Waals surface area contributed by atoms with E-state index >= 15 is 0 Å². The number of nitrogens with two attached hydrogens (primary N) is 1. The summed E-state index contributed by atoms with van der Waals surface area (Å²) in [7, 11) is 5.64. The standard InChI is InChI=1S/C24H25N5O2/c1-15(30-4)31-19-7-5-6-17(12-19)20-13-21(16-8-10-18(11-9-16)29(2)3)28-24-22(20)23(25)26-14-27-24/h5-15H,1-4H3,(H2,25,26,27,28). The van der Waals surface area contributed by atoms with E-state index in [0.717, 1.165) is 28.1 Å². The minimum absolute atomic E-state index is 0.358. The highest BCUT2D eigenvalue weighted by Crippen LogP contribution is 2.35. The smallest absolute Gasteiger partial charge is 0.196 e. The van der Waals surface area contributed by atoms with E-state index < -0.39 is 0 Å². The van der Waals surface area contributed by atoms with Crippen LogP contribution in [-0.4, -0.2) is 42.4 Å². The number of hydrogen-bond donors (Lipinski definition) is 1. The van der Waals surface area contributed by atoms with Gasteiger partial charge in [-0.15, -0.1) is 0 Å². The molecule has 0 amide bonds. The second kappa shape index (κ2) is 8.57. The van der Waals surface area contributed by atoms with Crippen LogP contribution in [0.1, 0.15) is 6.92 Å². The second-order valence-electron chi connectivity index (χ2n) is 7.40. The van der Waals surface area contributed by atoms with E-state index in [-0.39, 0.29) is 6.29 Å². The molecule has 2 heterocycles. The molecular formula is C24H25N5O2. The maximum absolute atomic E-state index is 6.23. The molecular weight excluding hydrogens is 390 g/mol. The van der Waals surface area contributed by atoms with Crippen LogP contribution in [0.15, 0.2) is 60.9 Å². The summed E-state index contributed by atoms with van der Waals surface area (Å²) < 4.78 is 11.0. The van der Waals surface area contributed by atoms with Crippen LogP contribution in [0.5, 0.6) is 5.75 Å². The zero-order chi connectivity index (χ0) is 22.0. The van der Waals surface area contributed by atoms with Gasteiger partial charge >= 0.3 is 0 Å². The van der Waals surface area contributed by atoms with E-state index in [1.54, 1.807) is 7.11 Å². The Morgan fingerprint density at radius 3 is 2.45 bits per heavy atom. The molecule has 0 aliphatic carbocycles. The fourth-order valence-electron chi connectivity index (χ4n) is 3.37. The van der Waals surface area contributed by atoms with Crippen molar-refractivity contribution in [1.29, 1.82) is 0 Å². The van der Waals surface area contributed by atoms with Gasteiger partial charge in [-0.3, -0.25) is 0 Å². The van der Waals surface area contributed by atoms with Crippen molar-refractivity contribution in [2.24, 2.45) is 0 Å². The number of hydrogen-bond acceptors (Lipinski definition) is 7. The molecule has 158 valence electrons. The number of nitrogen functional groups attached to an aromatic ring is 1. The van der Waals surface area contributed by atoms with E-state index in [9.17, 15) is 0 Å². The average Bonchev–Trinajstić information content (AvgIpc) is 2.78. The Morgan fingerprint density at radius 1 is 0.968 bits per heavy atom. The Hall–Kier alpha value is -3.71. The maximum Gasteiger partial charge on any atom is 0.196 e. The molecule has 4 aromatic rings. The molecule has 7 nitrogen and oxygen atoms in total. The molecule has 2 aromatic carbocycles. The van der Waals surface area contributed by atoms with Crippen LogP contribution in [0.25, 0.3) is 33.4 Å². The first-order chi connectivity index (χ1) is 15.0. The molecule has 2 N–H and O–H groups in total. The Bertz CT molecular complexity index is 1210. The summed E-state index contributed by atoms with van der Waals surface area (Å²) in [5.74, 6) is 1.09. The van der Waals surface area contributed by atoms with Crippen LogP contribution in [-0.2, 0) is 4.74 Å². The quantitative estimate of drug-likeness (QED) is 0.468. The van der Waals surface area contributed by atoms with Crippen LogP contribution in [0.4, 0.5) is 11.5 Å². The highest BCUT2D eigenvalue weighted by Gasteiger charge is 2.15. The number of nitrogens with zero attached hydrogens (tertiary/aromatic N) is 4. The van der Waals surface area contributed by atoms with Gasteiger partial charge in [0.15, 0.2) is 11.9 Å². The molecule has 0 radical (unpaired) electrons. The van der Waals surface area contributed by atoms with Crippen LogP contribution in [0.2, 0.25) is 0 Å². The monoisotopic (exact) mass is 415 g/mol. The molecule has 31 heavy (non-hydrogen) atoms. The van der Waals surface area contributed by atoms with E-state index in [1.807, 2.05) is 51.4 Å². The number of pyridine rings is 1. The fraction of sp³-hybridized carbons (Fsp3) is 0.208. The van der Waals surface area contributed by atoms with Crippen LogP contribution in [0, 0.1) is 0 Å². The highest BCUT2D eigenvalue weighted by molar-refractivity contribution is 6.01. The lowest BCUT2D eigenvalue weighted by Crippen LogP contribution is -2.13. The minimum Gasteiger partial charge on any atom is -0.465 e. The minimum atomic E-state index is -0.358. The summed E-state index contributed by atoms with van der Waals surface area (Å²) in [6.07, 6.45) is 1.08. The number of benzene rings is 2. The third-order valence-electron chi connectivity index (χ3n) is 5.09. The van der Waals surface area contributed by atoms with Gasteiger partial charge in [0.1, 0.15) is 17.9 Å². The molecule has 0 aliphatic rings. The third-order valence-corrected chi connectivity index (χ3v) is 5.09. The Labute approximate surface area is 181 Å². The number of ether oxygens (including phenoxy) is 2. The summed E-state index contributed by atoms with van der Waals surface area (Å²) in [6, 6.07) is 18.0. The Morgan fingerprint density at radius 2 is 1.74 bits per heavy atom. The van der Waals surface area contributed by atoms with Gasteiger partial charge in [-0.1, -0.05) is 24.3 Å². The molecule has 4 rings (SSSR count). The maximum atomic E-state index is 6.23. The molecule has 1 unspecified atom stereocenters. The number of rotatable bonds is 6. The van der Waals surface area contributed by atoms with Gasteiger partial charge in [-0.25, -0.2) is 15.0 Å². The van der Waals surface area contributed by atoms with Crippen molar-refractivity contribution >= 4 is 22.5 Å². The van der Waals surface area contributed by atoms with E-state index in [4.69, 9.17) is 20.2 Å². The van der Waals surface area contributed by atoms with Crippen LogP contribution < -0.4 is 15.4 Å². The van der Waals surface area contributed by atoms with Crippen molar-refractivity contribution in [3.8, 4) is 28.1 Å². The largest absolute Gasteiger partial charge is 0.465 e. The number of aromatic nitrogens is 3. The zero-order valence-electron chi connectivity index (χ0n) is 18.0. The van der Waals surface area contributed by atoms with Gasteiger partial charge in [0, 0.05) is 32.5 Å². The molecule has 7 heteroatoms. The Kier molecular flexibility index (Phi) is 5.68. The van der Waals surface area contributed by atoms with Crippen molar-refractivity contribution in [3.63, 3.8) is 0 Å².